The number of halogens is 1. The first kappa shape index (κ1) is 17.6. The summed E-state index contributed by atoms with van der Waals surface area (Å²) in [6.07, 6.45) is 1.06. The highest BCUT2D eigenvalue weighted by Crippen LogP contribution is 2.19. The Labute approximate surface area is 132 Å². The molecule has 2 rings (SSSR count). The van der Waals surface area contributed by atoms with Crippen LogP contribution in [0.1, 0.15) is 6.42 Å². The molecule has 5 nitrogen and oxygen atoms in total. The van der Waals surface area contributed by atoms with Crippen LogP contribution in [0.25, 0.3) is 0 Å². The highest BCUT2D eigenvalue weighted by Gasteiger charge is 2.25. The maximum absolute atomic E-state index is 12.1. The highest BCUT2D eigenvalue weighted by molar-refractivity contribution is 5.85. The number of hydrogen-bond acceptors (Lipinski definition) is 4. The molecule has 0 bridgehead atoms. The van der Waals surface area contributed by atoms with Crippen molar-refractivity contribution in [1.82, 2.24) is 10.2 Å². The number of likely N-dealkylation sites (tertiary alicyclic amines) is 1. The van der Waals surface area contributed by atoms with E-state index in [9.17, 15) is 4.79 Å². The summed E-state index contributed by atoms with van der Waals surface area (Å²) >= 11 is 0. The maximum Gasteiger partial charge on any atom is 0.260 e. The van der Waals surface area contributed by atoms with Gasteiger partial charge in [0.05, 0.1) is 7.11 Å². The van der Waals surface area contributed by atoms with E-state index in [2.05, 4.69) is 5.32 Å². The summed E-state index contributed by atoms with van der Waals surface area (Å²) in [5.41, 5.74) is 0. The van der Waals surface area contributed by atoms with Crippen LogP contribution in [0.3, 0.4) is 0 Å². The molecule has 1 fully saturated rings. The van der Waals surface area contributed by atoms with Crippen LogP contribution in [-0.4, -0.2) is 51.2 Å². The van der Waals surface area contributed by atoms with Crippen molar-refractivity contribution in [3.63, 3.8) is 0 Å². The molecule has 0 aromatic heterocycles. The molecule has 1 heterocycles. The van der Waals surface area contributed by atoms with Gasteiger partial charge in [-0.05, 0) is 38.1 Å². The molecule has 1 aromatic carbocycles. The van der Waals surface area contributed by atoms with E-state index in [-0.39, 0.29) is 24.9 Å². The lowest BCUT2D eigenvalue weighted by Crippen LogP contribution is -2.34. The van der Waals surface area contributed by atoms with Gasteiger partial charge in [0.2, 0.25) is 0 Å². The monoisotopic (exact) mass is 314 g/mol. The second-order valence-electron chi connectivity index (χ2n) is 5.02. The van der Waals surface area contributed by atoms with E-state index in [0.29, 0.717) is 11.7 Å². The first-order valence-corrected chi connectivity index (χ1v) is 6.92. The van der Waals surface area contributed by atoms with E-state index in [4.69, 9.17) is 9.47 Å². The Kier molecular flexibility index (Phi) is 7.32. The predicted octanol–water partition coefficient (Wildman–Crippen LogP) is 1.56. The number of carbonyl (C=O) groups is 1. The van der Waals surface area contributed by atoms with Crippen molar-refractivity contribution >= 4 is 18.3 Å². The van der Waals surface area contributed by atoms with Gasteiger partial charge in [-0.3, -0.25) is 4.79 Å². The van der Waals surface area contributed by atoms with E-state index >= 15 is 0 Å². The van der Waals surface area contributed by atoms with Crippen LogP contribution >= 0.6 is 12.4 Å². The zero-order valence-electron chi connectivity index (χ0n) is 12.5. The third-order valence-electron chi connectivity index (χ3n) is 3.53. The molecule has 1 aliphatic rings. The highest BCUT2D eigenvalue weighted by atomic mass is 35.5. The summed E-state index contributed by atoms with van der Waals surface area (Å²) in [6.45, 7) is 2.69. The van der Waals surface area contributed by atoms with Crippen molar-refractivity contribution in [2.75, 3.05) is 40.4 Å². The van der Waals surface area contributed by atoms with Crippen LogP contribution in [0, 0.1) is 5.92 Å². The van der Waals surface area contributed by atoms with E-state index in [1.54, 1.807) is 13.2 Å². The quantitative estimate of drug-likeness (QED) is 0.866. The zero-order chi connectivity index (χ0) is 14.4. The second-order valence-corrected chi connectivity index (χ2v) is 5.02. The number of nitrogens with one attached hydrogen (secondary N) is 1. The fraction of sp³-hybridized carbons (Fsp3) is 0.533. The molecule has 6 heteroatoms. The minimum atomic E-state index is 0. The van der Waals surface area contributed by atoms with E-state index in [0.717, 1.165) is 31.8 Å². The van der Waals surface area contributed by atoms with Gasteiger partial charge in [-0.15, -0.1) is 12.4 Å². The van der Waals surface area contributed by atoms with Crippen LogP contribution in [0.4, 0.5) is 0 Å². The lowest BCUT2D eigenvalue weighted by atomic mass is 10.1. The zero-order valence-corrected chi connectivity index (χ0v) is 13.3. The number of nitrogens with zero attached hydrogens (tertiary/aromatic N) is 1. The molecule has 1 aromatic rings. The number of carbonyl (C=O) groups excluding carboxylic acids is 1. The van der Waals surface area contributed by atoms with E-state index in [1.165, 1.54) is 0 Å². The lowest BCUT2D eigenvalue weighted by molar-refractivity contribution is -0.132. The Morgan fingerprint density at radius 3 is 2.90 bits per heavy atom. The number of methoxy groups -OCH3 is 1. The maximum atomic E-state index is 12.1. The lowest BCUT2D eigenvalue weighted by Gasteiger charge is -2.17. The Hall–Kier alpha value is -1.46. The van der Waals surface area contributed by atoms with E-state index < -0.39 is 0 Å². The molecule has 0 saturated carbocycles. The molecule has 1 aliphatic heterocycles. The summed E-state index contributed by atoms with van der Waals surface area (Å²) in [4.78, 5) is 13.9. The molecular weight excluding hydrogens is 292 g/mol. The Bertz CT molecular complexity index is 456. The summed E-state index contributed by atoms with van der Waals surface area (Å²) in [5.74, 6) is 1.99. The second kappa shape index (κ2) is 8.74. The summed E-state index contributed by atoms with van der Waals surface area (Å²) < 4.78 is 10.7. The fourth-order valence-corrected chi connectivity index (χ4v) is 2.44. The standard InChI is InChI=1S/C15H22N2O3.ClH/c1-16-9-12-6-7-17(10-12)15(18)11-20-14-5-3-4-13(8-14)19-2;/h3-5,8,12,16H,6-7,9-11H2,1-2H3;1H. The van der Waals surface area contributed by atoms with Crippen LogP contribution in [0.5, 0.6) is 11.5 Å². The predicted molar refractivity (Wildman–Crippen MR) is 84.4 cm³/mol. The van der Waals surface area contributed by atoms with Gasteiger partial charge >= 0.3 is 0 Å². The van der Waals surface area contributed by atoms with Crippen molar-refractivity contribution in [3.8, 4) is 11.5 Å². The molecule has 1 saturated heterocycles. The van der Waals surface area contributed by atoms with Gasteiger partial charge in [0.15, 0.2) is 6.61 Å². The number of hydrogen-bond donors (Lipinski definition) is 1. The Balaban J connectivity index is 0.00000220. The average Bonchev–Trinajstić information content (AvgIpc) is 2.94. The van der Waals surface area contributed by atoms with Gasteiger partial charge in [-0.25, -0.2) is 0 Å². The average molecular weight is 315 g/mol. The van der Waals surface area contributed by atoms with Crippen LogP contribution in [0.15, 0.2) is 24.3 Å². The van der Waals surface area contributed by atoms with Gasteiger partial charge in [0.1, 0.15) is 11.5 Å². The molecule has 1 atom stereocenters. The molecule has 0 radical (unpaired) electrons. The smallest absolute Gasteiger partial charge is 0.260 e. The topological polar surface area (TPSA) is 50.8 Å². The van der Waals surface area contributed by atoms with E-state index in [1.807, 2.05) is 30.1 Å². The third-order valence-corrected chi connectivity index (χ3v) is 3.53. The van der Waals surface area contributed by atoms with Gasteiger partial charge in [0, 0.05) is 19.2 Å². The third kappa shape index (κ3) is 5.10. The fourth-order valence-electron chi connectivity index (χ4n) is 2.44. The minimum absolute atomic E-state index is 0. The number of rotatable bonds is 6. The van der Waals surface area contributed by atoms with Crippen molar-refractivity contribution < 1.29 is 14.3 Å². The van der Waals surface area contributed by atoms with Gasteiger partial charge < -0.3 is 19.7 Å². The summed E-state index contributed by atoms with van der Waals surface area (Å²) in [6, 6.07) is 7.29. The summed E-state index contributed by atoms with van der Waals surface area (Å²) in [7, 11) is 3.55. The first-order chi connectivity index (χ1) is 9.72. The summed E-state index contributed by atoms with van der Waals surface area (Å²) in [5, 5.41) is 3.16. The molecular formula is C15H23ClN2O3. The molecule has 118 valence electrons. The van der Waals surface area contributed by atoms with Crippen LogP contribution < -0.4 is 14.8 Å². The largest absolute Gasteiger partial charge is 0.497 e. The molecule has 1 N–H and O–H groups in total. The van der Waals surface area contributed by atoms with Crippen LogP contribution in [-0.2, 0) is 4.79 Å². The Morgan fingerprint density at radius 1 is 1.43 bits per heavy atom. The van der Waals surface area contributed by atoms with Gasteiger partial charge in [-0.1, -0.05) is 6.07 Å². The number of amides is 1. The van der Waals surface area contributed by atoms with Crippen LogP contribution in [0.2, 0.25) is 0 Å². The Morgan fingerprint density at radius 2 is 2.19 bits per heavy atom. The van der Waals surface area contributed by atoms with Crippen molar-refractivity contribution in [3.05, 3.63) is 24.3 Å². The molecule has 21 heavy (non-hydrogen) atoms. The molecule has 0 spiro atoms. The van der Waals surface area contributed by atoms with Crippen molar-refractivity contribution in [2.45, 2.75) is 6.42 Å². The van der Waals surface area contributed by atoms with Crippen molar-refractivity contribution in [1.29, 1.82) is 0 Å². The number of benzene rings is 1. The number of ether oxygens (including phenoxy) is 2. The van der Waals surface area contributed by atoms with Crippen molar-refractivity contribution in [2.24, 2.45) is 5.92 Å². The van der Waals surface area contributed by atoms with Gasteiger partial charge in [0.25, 0.3) is 5.91 Å². The normalized spacial score (nSPS) is 17.2. The minimum Gasteiger partial charge on any atom is -0.497 e. The molecule has 0 aliphatic carbocycles. The first-order valence-electron chi connectivity index (χ1n) is 6.92. The SMILES string of the molecule is CNCC1CCN(C(=O)COc2cccc(OC)c2)C1.Cl. The van der Waals surface area contributed by atoms with Gasteiger partial charge in [-0.2, -0.15) is 0 Å². The molecule has 1 unspecified atom stereocenters. The molecule has 1 amide bonds.